The Morgan fingerprint density at radius 1 is 0.485 bits per heavy atom. The van der Waals surface area contributed by atoms with Gasteiger partial charge in [-0.2, -0.15) is 0 Å². The van der Waals surface area contributed by atoms with Crippen molar-refractivity contribution in [2.45, 2.75) is 24.4 Å². The van der Waals surface area contributed by atoms with Crippen molar-refractivity contribution in [3.63, 3.8) is 0 Å². The molecule has 0 aliphatic carbocycles. The molecule has 11 nitrogen and oxygen atoms in total. The van der Waals surface area contributed by atoms with Crippen LogP contribution in [0.4, 0.5) is 0 Å². The Hall–Kier alpha value is -0.440. The first kappa shape index (κ1) is 25.6. The molecule has 0 amide bonds. The molecular formula is C22H38O11. The third-order valence-corrected chi connectivity index (χ3v) is 5.94. The van der Waals surface area contributed by atoms with Crippen LogP contribution in [-0.2, 0) is 42.6 Å². The van der Waals surface area contributed by atoms with Crippen LogP contribution in [0.3, 0.4) is 0 Å². The maximum absolute atomic E-state index is 10.2. The van der Waals surface area contributed by atoms with Crippen molar-refractivity contribution < 1.29 is 52.8 Å². The largest absolute Gasteiger partial charge is 0.396 e. The van der Waals surface area contributed by atoms with Crippen molar-refractivity contribution in [1.29, 1.82) is 0 Å². The Labute approximate surface area is 194 Å². The van der Waals surface area contributed by atoms with E-state index in [4.69, 9.17) is 42.6 Å². The summed E-state index contributed by atoms with van der Waals surface area (Å²) in [7, 11) is 0. The molecule has 4 unspecified atom stereocenters. The lowest BCUT2D eigenvalue weighted by molar-refractivity contribution is -0.132. The lowest BCUT2D eigenvalue weighted by atomic mass is 9.90. The van der Waals surface area contributed by atoms with Crippen LogP contribution in [0.2, 0.25) is 0 Å². The molecule has 2 N–H and O–H groups in total. The van der Waals surface area contributed by atoms with Crippen LogP contribution in [0.25, 0.3) is 0 Å². The Bertz CT molecular complexity index is 477. The molecule has 4 saturated heterocycles. The summed E-state index contributed by atoms with van der Waals surface area (Å²) in [6, 6.07) is 0. The first-order valence-electron chi connectivity index (χ1n) is 11.7. The van der Waals surface area contributed by atoms with Gasteiger partial charge in [0.05, 0.1) is 117 Å². The van der Waals surface area contributed by atoms with Crippen LogP contribution in [-0.4, -0.2) is 140 Å². The van der Waals surface area contributed by atoms with E-state index >= 15 is 0 Å². The topological polar surface area (TPSA) is 137 Å². The second kappa shape index (κ2) is 12.5. The van der Waals surface area contributed by atoms with Crippen LogP contribution in [0.5, 0.6) is 0 Å². The quantitative estimate of drug-likeness (QED) is 0.178. The molecule has 4 atom stereocenters. The highest BCUT2D eigenvalue weighted by Gasteiger charge is 2.38. The molecule has 0 aromatic rings. The van der Waals surface area contributed by atoms with Gasteiger partial charge in [0.2, 0.25) is 0 Å². The van der Waals surface area contributed by atoms with Crippen molar-refractivity contribution in [3.05, 3.63) is 0 Å². The summed E-state index contributed by atoms with van der Waals surface area (Å²) in [6.07, 6.45) is 0.520. The molecule has 0 aromatic heterocycles. The lowest BCUT2D eigenvalue weighted by Gasteiger charge is -2.35. The standard InChI is InChI=1S/C22H38O11/c23-9-21(11-25-1-17-5-30-17,12-26-2-18-6-31-18)15-29-16-22(10-24,13-27-3-19-7-32-19)14-28-4-20-8-33-20/h17-20,23-24H,1-16H2. The van der Waals surface area contributed by atoms with Crippen LogP contribution in [0, 0.1) is 10.8 Å². The fraction of sp³-hybridized carbons (Fsp3) is 1.00. The van der Waals surface area contributed by atoms with Gasteiger partial charge in [-0.3, -0.25) is 0 Å². The van der Waals surface area contributed by atoms with Gasteiger partial charge in [-0.15, -0.1) is 0 Å². The average molecular weight is 479 g/mol. The van der Waals surface area contributed by atoms with Gasteiger partial charge >= 0.3 is 0 Å². The highest BCUT2D eigenvalue weighted by Crippen LogP contribution is 2.26. The fourth-order valence-electron chi connectivity index (χ4n) is 3.29. The van der Waals surface area contributed by atoms with E-state index in [1.54, 1.807) is 0 Å². The maximum atomic E-state index is 10.2. The number of aliphatic hydroxyl groups is 2. The van der Waals surface area contributed by atoms with E-state index in [0.29, 0.717) is 52.9 Å². The maximum Gasteiger partial charge on any atom is 0.104 e. The van der Waals surface area contributed by atoms with Crippen LogP contribution in [0.15, 0.2) is 0 Å². The smallest absolute Gasteiger partial charge is 0.104 e. The van der Waals surface area contributed by atoms with E-state index < -0.39 is 10.8 Å². The van der Waals surface area contributed by atoms with Gasteiger partial charge in [0, 0.05) is 0 Å². The molecule has 0 aromatic carbocycles. The van der Waals surface area contributed by atoms with E-state index in [-0.39, 0.29) is 77.3 Å². The molecule has 0 spiro atoms. The van der Waals surface area contributed by atoms with Crippen molar-refractivity contribution >= 4 is 0 Å². The highest BCUT2D eigenvalue weighted by atomic mass is 16.6. The third-order valence-electron chi connectivity index (χ3n) is 5.94. The number of hydrogen-bond donors (Lipinski definition) is 2. The minimum atomic E-state index is -0.740. The summed E-state index contributed by atoms with van der Waals surface area (Å²) in [5, 5.41) is 20.4. The second-order valence-electron chi connectivity index (χ2n) is 9.69. The van der Waals surface area contributed by atoms with E-state index in [2.05, 4.69) is 0 Å². The number of aliphatic hydroxyl groups excluding tert-OH is 2. The number of rotatable bonds is 22. The summed E-state index contributed by atoms with van der Waals surface area (Å²) in [6.45, 7) is 5.85. The normalized spacial score (nSPS) is 31.1. The number of hydrogen-bond acceptors (Lipinski definition) is 11. The summed E-state index contributed by atoms with van der Waals surface area (Å²) < 4.78 is 50.0. The molecule has 4 heterocycles. The van der Waals surface area contributed by atoms with Gasteiger partial charge < -0.3 is 52.8 Å². The molecule has 4 fully saturated rings. The predicted octanol–water partition coefficient (Wildman–Crippen LogP) is -1.38. The minimum absolute atomic E-state index is 0.130. The van der Waals surface area contributed by atoms with Gasteiger partial charge in [0.15, 0.2) is 0 Å². The zero-order valence-electron chi connectivity index (χ0n) is 19.2. The zero-order valence-corrected chi connectivity index (χ0v) is 19.2. The molecule has 0 bridgehead atoms. The van der Waals surface area contributed by atoms with E-state index in [1.807, 2.05) is 0 Å². The van der Waals surface area contributed by atoms with Crippen LogP contribution >= 0.6 is 0 Å². The Balaban J connectivity index is 1.27. The number of ether oxygens (including phenoxy) is 9. The number of epoxide rings is 4. The summed E-state index contributed by atoms with van der Waals surface area (Å²) in [4.78, 5) is 0. The first-order valence-corrected chi connectivity index (χ1v) is 11.7. The molecular weight excluding hydrogens is 440 g/mol. The second-order valence-corrected chi connectivity index (χ2v) is 9.69. The molecule has 0 saturated carbocycles. The van der Waals surface area contributed by atoms with Gasteiger partial charge in [-0.05, 0) is 0 Å². The highest BCUT2D eigenvalue weighted by molar-refractivity contribution is 4.84. The molecule has 11 heteroatoms. The fourth-order valence-corrected chi connectivity index (χ4v) is 3.29. The molecule has 4 aliphatic rings. The Morgan fingerprint density at radius 2 is 0.727 bits per heavy atom. The molecule has 33 heavy (non-hydrogen) atoms. The molecule has 4 rings (SSSR count). The zero-order chi connectivity index (χ0) is 23.0. The van der Waals surface area contributed by atoms with Gasteiger partial charge in [0.25, 0.3) is 0 Å². The minimum Gasteiger partial charge on any atom is -0.396 e. The molecule has 0 radical (unpaired) electrons. The third kappa shape index (κ3) is 9.61. The lowest BCUT2D eigenvalue weighted by Crippen LogP contribution is -2.45. The van der Waals surface area contributed by atoms with E-state index in [0.717, 1.165) is 0 Å². The van der Waals surface area contributed by atoms with Crippen molar-refractivity contribution in [2.75, 3.05) is 106 Å². The predicted molar refractivity (Wildman–Crippen MR) is 112 cm³/mol. The monoisotopic (exact) mass is 478 g/mol. The van der Waals surface area contributed by atoms with Gasteiger partial charge in [-0.25, -0.2) is 0 Å². The van der Waals surface area contributed by atoms with Crippen molar-refractivity contribution in [2.24, 2.45) is 10.8 Å². The average Bonchev–Trinajstić information content (AvgIpc) is 3.64. The molecule has 192 valence electrons. The Kier molecular flexibility index (Phi) is 9.71. The SMILES string of the molecule is OCC(COCC1CO1)(COCC1CO1)COCC(CO)(COCC1CO1)COCC1CO1. The summed E-state index contributed by atoms with van der Waals surface area (Å²) >= 11 is 0. The summed E-state index contributed by atoms with van der Waals surface area (Å²) in [5.41, 5.74) is -1.48. The van der Waals surface area contributed by atoms with E-state index in [1.165, 1.54) is 0 Å². The van der Waals surface area contributed by atoms with Crippen molar-refractivity contribution in [1.82, 2.24) is 0 Å². The van der Waals surface area contributed by atoms with Crippen molar-refractivity contribution in [3.8, 4) is 0 Å². The Morgan fingerprint density at radius 3 is 0.939 bits per heavy atom. The molecule has 4 aliphatic heterocycles. The van der Waals surface area contributed by atoms with E-state index in [9.17, 15) is 10.2 Å². The first-order chi connectivity index (χ1) is 16.1. The van der Waals surface area contributed by atoms with Gasteiger partial charge in [-0.1, -0.05) is 0 Å². The van der Waals surface area contributed by atoms with Gasteiger partial charge in [0.1, 0.15) is 24.4 Å². The van der Waals surface area contributed by atoms with Crippen LogP contribution in [0.1, 0.15) is 0 Å². The van der Waals surface area contributed by atoms with Crippen LogP contribution < -0.4 is 0 Å². The summed E-state index contributed by atoms with van der Waals surface area (Å²) in [5.74, 6) is 0.